The normalized spacial score (nSPS) is 10.8. The molecule has 2 aromatic heterocycles. The molecular formula is C22H17FN6O2. The van der Waals surface area contributed by atoms with Crippen LogP contribution in [0.3, 0.4) is 0 Å². The van der Waals surface area contributed by atoms with Crippen LogP contribution in [0.15, 0.2) is 64.4 Å². The molecule has 4 rings (SSSR count). The van der Waals surface area contributed by atoms with Gasteiger partial charge in [-0.2, -0.15) is 5.26 Å². The van der Waals surface area contributed by atoms with Crippen molar-refractivity contribution in [2.75, 3.05) is 0 Å². The molecule has 9 heteroatoms. The molecule has 2 aromatic carbocycles. The Morgan fingerprint density at radius 3 is 2.55 bits per heavy atom. The Kier molecular flexibility index (Phi) is 5.05. The second-order valence-corrected chi connectivity index (χ2v) is 6.93. The molecule has 154 valence electrons. The lowest BCUT2D eigenvalue weighted by Crippen LogP contribution is -2.41. The molecule has 0 aliphatic heterocycles. The smallest absolute Gasteiger partial charge is 0.275 e. The molecule has 0 spiro atoms. The van der Waals surface area contributed by atoms with Crippen molar-refractivity contribution in [2.45, 2.75) is 13.6 Å². The van der Waals surface area contributed by atoms with E-state index >= 15 is 0 Å². The summed E-state index contributed by atoms with van der Waals surface area (Å²) in [6, 6.07) is 15.3. The van der Waals surface area contributed by atoms with Crippen molar-refractivity contribution in [3.8, 4) is 28.8 Å². The third kappa shape index (κ3) is 3.34. The lowest BCUT2D eigenvalue weighted by Gasteiger charge is -2.17. The number of hydrogen-bond acceptors (Lipinski definition) is 5. The largest absolute Gasteiger partial charge is 0.335 e. The molecule has 2 heterocycles. The van der Waals surface area contributed by atoms with Crippen LogP contribution in [0, 0.1) is 18.3 Å². The van der Waals surface area contributed by atoms with E-state index in [1.807, 2.05) is 0 Å². The first-order chi connectivity index (χ1) is 15.0. The quantitative estimate of drug-likeness (QED) is 0.509. The minimum Gasteiger partial charge on any atom is -0.275 e. The third-order valence-corrected chi connectivity index (χ3v) is 5.05. The van der Waals surface area contributed by atoms with Gasteiger partial charge in [-0.25, -0.2) is 9.18 Å². The van der Waals surface area contributed by atoms with Crippen molar-refractivity contribution >= 4 is 0 Å². The molecule has 0 unspecified atom stereocenters. The number of rotatable bonds is 4. The highest BCUT2D eigenvalue weighted by atomic mass is 19.1. The highest BCUT2D eigenvalue weighted by Crippen LogP contribution is 2.22. The molecule has 0 amide bonds. The minimum absolute atomic E-state index is 0.192. The second-order valence-electron chi connectivity index (χ2n) is 6.93. The van der Waals surface area contributed by atoms with E-state index < -0.39 is 17.9 Å². The van der Waals surface area contributed by atoms with Crippen molar-refractivity contribution in [3.05, 3.63) is 92.5 Å². The predicted octanol–water partition coefficient (Wildman–Crippen LogP) is 2.43. The van der Waals surface area contributed by atoms with Crippen LogP contribution in [0.4, 0.5) is 4.39 Å². The third-order valence-electron chi connectivity index (χ3n) is 5.05. The lowest BCUT2D eigenvalue weighted by molar-refractivity contribution is 0.485. The van der Waals surface area contributed by atoms with E-state index in [4.69, 9.17) is 5.26 Å². The Balaban J connectivity index is 1.98. The molecule has 0 atom stereocenters. The zero-order chi connectivity index (χ0) is 22.1. The maximum absolute atomic E-state index is 13.2. The summed E-state index contributed by atoms with van der Waals surface area (Å²) in [5.74, 6) is 0.382. The van der Waals surface area contributed by atoms with Gasteiger partial charge in [0, 0.05) is 12.6 Å². The highest BCUT2D eigenvalue weighted by molar-refractivity contribution is 5.60. The van der Waals surface area contributed by atoms with Gasteiger partial charge in [0.2, 0.25) is 0 Å². The molecule has 31 heavy (non-hydrogen) atoms. The fourth-order valence-electron chi connectivity index (χ4n) is 3.45. The first-order valence-electron chi connectivity index (χ1n) is 9.35. The number of alkyl halides is 1. The Morgan fingerprint density at radius 1 is 1.13 bits per heavy atom. The SMILES string of the molecule is Cc1c(-n2cnnc2-c2ccc(C#N)cc2)c(=O)n(C)c(=O)n1-c1cccc(CF)c1. The van der Waals surface area contributed by atoms with Crippen molar-refractivity contribution in [1.29, 1.82) is 5.26 Å². The molecule has 0 saturated heterocycles. The summed E-state index contributed by atoms with van der Waals surface area (Å²) in [6.07, 6.45) is 1.39. The van der Waals surface area contributed by atoms with Gasteiger partial charge >= 0.3 is 5.69 Å². The van der Waals surface area contributed by atoms with Crippen molar-refractivity contribution in [1.82, 2.24) is 23.9 Å². The number of aromatic nitrogens is 5. The maximum Gasteiger partial charge on any atom is 0.335 e. The van der Waals surface area contributed by atoms with Crippen LogP contribution in [0.2, 0.25) is 0 Å². The van der Waals surface area contributed by atoms with Crippen LogP contribution >= 0.6 is 0 Å². The average molecular weight is 416 g/mol. The van der Waals surface area contributed by atoms with Crippen LogP contribution in [0.25, 0.3) is 22.8 Å². The lowest BCUT2D eigenvalue weighted by atomic mass is 10.1. The van der Waals surface area contributed by atoms with Crippen molar-refractivity contribution < 1.29 is 4.39 Å². The van der Waals surface area contributed by atoms with Gasteiger partial charge in [0.25, 0.3) is 5.56 Å². The van der Waals surface area contributed by atoms with E-state index in [2.05, 4.69) is 16.3 Å². The number of hydrogen-bond donors (Lipinski definition) is 0. The van der Waals surface area contributed by atoms with Gasteiger partial charge in [0.05, 0.1) is 23.0 Å². The number of nitriles is 1. The van der Waals surface area contributed by atoms with E-state index in [-0.39, 0.29) is 5.69 Å². The van der Waals surface area contributed by atoms with Crippen molar-refractivity contribution in [3.63, 3.8) is 0 Å². The highest BCUT2D eigenvalue weighted by Gasteiger charge is 2.20. The summed E-state index contributed by atoms with van der Waals surface area (Å²) in [4.78, 5) is 26.0. The van der Waals surface area contributed by atoms with Crippen molar-refractivity contribution in [2.24, 2.45) is 7.05 Å². The summed E-state index contributed by atoms with van der Waals surface area (Å²) < 4.78 is 17.0. The zero-order valence-electron chi connectivity index (χ0n) is 16.8. The van der Waals surface area contributed by atoms with Crippen LogP contribution in [-0.2, 0) is 13.7 Å². The molecular weight excluding hydrogens is 399 g/mol. The Hall–Kier alpha value is -4.32. The average Bonchev–Trinajstić information content (AvgIpc) is 3.27. The van der Waals surface area contributed by atoms with Gasteiger partial charge in [0.1, 0.15) is 18.7 Å². The minimum atomic E-state index is -0.672. The van der Waals surface area contributed by atoms with Crippen LogP contribution in [0.5, 0.6) is 0 Å². The van der Waals surface area contributed by atoms with Crippen LogP contribution in [-0.4, -0.2) is 23.9 Å². The zero-order valence-corrected chi connectivity index (χ0v) is 16.8. The number of benzene rings is 2. The number of nitrogens with zero attached hydrogens (tertiary/aromatic N) is 6. The summed E-state index contributed by atoms with van der Waals surface area (Å²) in [6.45, 7) is 0.970. The van der Waals surface area contributed by atoms with E-state index in [9.17, 15) is 14.0 Å². The molecule has 4 aromatic rings. The first-order valence-corrected chi connectivity index (χ1v) is 9.35. The van der Waals surface area contributed by atoms with Gasteiger partial charge in [-0.05, 0) is 48.9 Å². The van der Waals surface area contributed by atoms with Crippen LogP contribution in [0.1, 0.15) is 16.8 Å². The molecule has 0 bridgehead atoms. The van der Waals surface area contributed by atoms with E-state index in [0.29, 0.717) is 33.9 Å². The van der Waals surface area contributed by atoms with Gasteiger partial charge < -0.3 is 0 Å². The molecule has 0 fully saturated rings. The fraction of sp³-hybridized carbons (Fsp3) is 0.136. The van der Waals surface area contributed by atoms with Gasteiger partial charge in [0.15, 0.2) is 5.82 Å². The topological polar surface area (TPSA) is 98.5 Å². The van der Waals surface area contributed by atoms with Gasteiger partial charge in [-0.3, -0.25) is 18.5 Å². The summed E-state index contributed by atoms with van der Waals surface area (Å²) in [5, 5.41) is 17.1. The first kappa shape index (κ1) is 20.0. The Labute approximate surface area is 176 Å². The van der Waals surface area contributed by atoms with E-state index in [1.165, 1.54) is 22.5 Å². The monoisotopic (exact) mass is 416 g/mol. The van der Waals surface area contributed by atoms with E-state index in [0.717, 1.165) is 4.57 Å². The standard InChI is InChI=1S/C22H17FN6O2/c1-14-19(28-13-25-26-20(28)17-8-6-15(12-24)7-9-17)21(30)27(2)22(31)29(14)18-5-3-4-16(10-18)11-23/h3-10,13H,11H2,1-2H3. The molecule has 0 aliphatic carbocycles. The Bertz CT molecular complexity index is 1440. The molecule has 0 saturated carbocycles. The summed E-state index contributed by atoms with van der Waals surface area (Å²) in [5.41, 5.74) is 1.49. The summed E-state index contributed by atoms with van der Waals surface area (Å²) in [7, 11) is 1.38. The molecule has 8 nitrogen and oxygen atoms in total. The molecule has 0 radical (unpaired) electrons. The fourth-order valence-corrected chi connectivity index (χ4v) is 3.45. The maximum atomic E-state index is 13.2. The summed E-state index contributed by atoms with van der Waals surface area (Å²) >= 11 is 0. The predicted molar refractivity (Wildman–Crippen MR) is 112 cm³/mol. The van der Waals surface area contributed by atoms with E-state index in [1.54, 1.807) is 55.5 Å². The Morgan fingerprint density at radius 2 is 1.87 bits per heavy atom. The molecule has 0 N–H and O–H groups in total. The molecule has 0 aliphatic rings. The van der Waals surface area contributed by atoms with Gasteiger partial charge in [-0.1, -0.05) is 12.1 Å². The van der Waals surface area contributed by atoms with Gasteiger partial charge in [-0.15, -0.1) is 10.2 Å². The number of halogens is 1. The van der Waals surface area contributed by atoms with Crippen LogP contribution < -0.4 is 11.2 Å². The second kappa shape index (κ2) is 7.84.